The van der Waals surface area contributed by atoms with Crippen molar-refractivity contribution in [3.05, 3.63) is 63.1 Å². The molecule has 0 aliphatic rings. The van der Waals surface area contributed by atoms with Crippen LogP contribution in [0.5, 0.6) is 5.75 Å². The van der Waals surface area contributed by atoms with Gasteiger partial charge in [0.05, 0.1) is 21.1 Å². The first-order chi connectivity index (χ1) is 11.5. The summed E-state index contributed by atoms with van der Waals surface area (Å²) < 4.78 is 5.46. The topological polar surface area (TPSA) is 38.3 Å². The van der Waals surface area contributed by atoms with Crippen molar-refractivity contribution >= 4 is 40.7 Å². The minimum Gasteiger partial charge on any atom is -0.482 e. The van der Waals surface area contributed by atoms with Crippen molar-refractivity contribution in [3.8, 4) is 5.75 Å². The Kier molecular flexibility index (Phi) is 7.22. The summed E-state index contributed by atoms with van der Waals surface area (Å²) >= 11 is 17.8. The van der Waals surface area contributed by atoms with Crippen molar-refractivity contribution in [3.63, 3.8) is 0 Å². The monoisotopic (exact) mass is 385 g/mol. The highest BCUT2D eigenvalue weighted by Crippen LogP contribution is 2.33. The molecule has 2 aromatic rings. The van der Waals surface area contributed by atoms with Gasteiger partial charge in [-0.05, 0) is 18.1 Å². The zero-order chi connectivity index (χ0) is 17.5. The maximum absolute atomic E-state index is 12.2. The number of nitrogens with one attached hydrogen (secondary N) is 1. The molecule has 0 saturated heterocycles. The largest absolute Gasteiger partial charge is 0.482 e. The lowest BCUT2D eigenvalue weighted by atomic mass is 10.0. The number of carbonyl (C=O) groups excluding carboxylic acids is 1. The SMILES string of the molecule is CCC[C@@H](NC(=O)COc1cc(Cl)c(Cl)cc1Cl)c1ccccc1. The minimum absolute atomic E-state index is 0.0448. The van der Waals surface area contributed by atoms with E-state index in [1.807, 2.05) is 30.3 Å². The average Bonchev–Trinajstić information content (AvgIpc) is 2.57. The van der Waals surface area contributed by atoms with E-state index in [4.69, 9.17) is 39.5 Å². The van der Waals surface area contributed by atoms with Crippen LogP contribution in [0.25, 0.3) is 0 Å². The van der Waals surface area contributed by atoms with E-state index >= 15 is 0 Å². The van der Waals surface area contributed by atoms with Crippen molar-refractivity contribution in [2.75, 3.05) is 6.61 Å². The van der Waals surface area contributed by atoms with E-state index in [9.17, 15) is 4.79 Å². The maximum Gasteiger partial charge on any atom is 0.258 e. The first-order valence-corrected chi connectivity index (χ1v) is 8.76. The molecule has 0 fully saturated rings. The number of ether oxygens (including phenoxy) is 1. The molecule has 0 aromatic heterocycles. The van der Waals surface area contributed by atoms with Gasteiger partial charge in [-0.2, -0.15) is 0 Å². The van der Waals surface area contributed by atoms with Crippen molar-refractivity contribution < 1.29 is 9.53 Å². The quantitative estimate of drug-likeness (QED) is 0.621. The van der Waals surface area contributed by atoms with E-state index in [0.717, 1.165) is 18.4 Å². The third-order valence-corrected chi connectivity index (χ3v) is 4.47. The summed E-state index contributed by atoms with van der Waals surface area (Å²) in [5.74, 6) is 0.104. The zero-order valence-corrected chi connectivity index (χ0v) is 15.5. The first kappa shape index (κ1) is 18.9. The fourth-order valence-electron chi connectivity index (χ4n) is 2.29. The Bertz CT molecular complexity index is 692. The smallest absolute Gasteiger partial charge is 0.258 e. The first-order valence-electron chi connectivity index (χ1n) is 7.63. The number of rotatable bonds is 7. The molecule has 2 aromatic carbocycles. The van der Waals surface area contributed by atoms with Crippen molar-refractivity contribution in [2.45, 2.75) is 25.8 Å². The Morgan fingerprint density at radius 2 is 1.75 bits per heavy atom. The fourth-order valence-corrected chi connectivity index (χ4v) is 2.88. The molecular formula is C18H18Cl3NO2. The Morgan fingerprint density at radius 1 is 1.08 bits per heavy atom. The Balaban J connectivity index is 1.98. The molecule has 2 rings (SSSR count). The molecule has 24 heavy (non-hydrogen) atoms. The van der Waals surface area contributed by atoms with Crippen LogP contribution in [0.3, 0.4) is 0 Å². The molecule has 6 heteroatoms. The Hall–Kier alpha value is -1.42. The lowest BCUT2D eigenvalue weighted by Gasteiger charge is -2.19. The second kappa shape index (κ2) is 9.16. The van der Waals surface area contributed by atoms with Crippen LogP contribution in [0, 0.1) is 0 Å². The van der Waals surface area contributed by atoms with Gasteiger partial charge in [0, 0.05) is 6.07 Å². The second-order valence-corrected chi connectivity index (χ2v) is 6.53. The highest BCUT2D eigenvalue weighted by molar-refractivity contribution is 6.43. The third-order valence-electron chi connectivity index (χ3n) is 3.45. The van der Waals surface area contributed by atoms with Crippen molar-refractivity contribution in [2.24, 2.45) is 0 Å². The van der Waals surface area contributed by atoms with Gasteiger partial charge in [-0.25, -0.2) is 0 Å². The number of amides is 1. The summed E-state index contributed by atoms with van der Waals surface area (Å²) in [5, 5.41) is 3.96. The standard InChI is InChI=1S/C18H18Cl3NO2/c1-2-6-16(12-7-4-3-5-8-12)22-18(23)11-24-17-10-14(20)13(19)9-15(17)21/h3-5,7-10,16H,2,6,11H2,1H3,(H,22,23)/t16-/m1/s1. The summed E-state index contributed by atoms with van der Waals surface area (Å²) in [5.41, 5.74) is 1.07. The van der Waals surface area contributed by atoms with Crippen LogP contribution in [0.4, 0.5) is 0 Å². The number of benzene rings is 2. The van der Waals surface area contributed by atoms with Gasteiger partial charge < -0.3 is 10.1 Å². The van der Waals surface area contributed by atoms with Crippen LogP contribution in [0.1, 0.15) is 31.4 Å². The van der Waals surface area contributed by atoms with E-state index in [2.05, 4.69) is 12.2 Å². The van der Waals surface area contributed by atoms with Gasteiger partial charge in [0.15, 0.2) is 6.61 Å². The van der Waals surface area contributed by atoms with E-state index in [-0.39, 0.29) is 18.6 Å². The zero-order valence-electron chi connectivity index (χ0n) is 13.2. The third kappa shape index (κ3) is 5.30. The van der Waals surface area contributed by atoms with Gasteiger partial charge in [-0.15, -0.1) is 0 Å². The highest BCUT2D eigenvalue weighted by atomic mass is 35.5. The minimum atomic E-state index is -0.223. The number of hydrogen-bond acceptors (Lipinski definition) is 2. The van der Waals surface area contributed by atoms with Crippen LogP contribution in [0.15, 0.2) is 42.5 Å². The molecule has 0 spiro atoms. The van der Waals surface area contributed by atoms with E-state index in [1.165, 1.54) is 12.1 Å². The van der Waals surface area contributed by atoms with Gasteiger partial charge in [0.2, 0.25) is 0 Å². The molecule has 0 saturated carbocycles. The van der Waals surface area contributed by atoms with Crippen LogP contribution >= 0.6 is 34.8 Å². The van der Waals surface area contributed by atoms with Gasteiger partial charge in [-0.3, -0.25) is 4.79 Å². The van der Waals surface area contributed by atoms with Crippen LogP contribution in [0.2, 0.25) is 15.1 Å². The molecule has 3 nitrogen and oxygen atoms in total. The van der Waals surface area contributed by atoms with Crippen LogP contribution in [-0.2, 0) is 4.79 Å². The van der Waals surface area contributed by atoms with Gasteiger partial charge >= 0.3 is 0 Å². The number of hydrogen-bond donors (Lipinski definition) is 1. The summed E-state index contributed by atoms with van der Waals surface area (Å²) in [7, 11) is 0. The van der Waals surface area contributed by atoms with Crippen molar-refractivity contribution in [1.82, 2.24) is 5.32 Å². The molecule has 1 N–H and O–H groups in total. The van der Waals surface area contributed by atoms with Crippen LogP contribution in [-0.4, -0.2) is 12.5 Å². The number of carbonyl (C=O) groups is 1. The van der Waals surface area contributed by atoms with E-state index < -0.39 is 0 Å². The molecule has 128 valence electrons. The lowest BCUT2D eigenvalue weighted by molar-refractivity contribution is -0.123. The predicted octanol–water partition coefficient (Wildman–Crippen LogP) is 5.68. The number of halogens is 3. The lowest BCUT2D eigenvalue weighted by Crippen LogP contribution is -2.32. The molecule has 1 atom stereocenters. The van der Waals surface area contributed by atoms with E-state index in [0.29, 0.717) is 20.8 Å². The maximum atomic E-state index is 12.2. The Labute approximate surface area is 156 Å². The molecule has 0 radical (unpaired) electrons. The summed E-state index contributed by atoms with van der Waals surface area (Å²) in [6, 6.07) is 12.8. The molecule has 1 amide bonds. The van der Waals surface area contributed by atoms with Gasteiger partial charge in [0.25, 0.3) is 5.91 Å². The molecule has 0 unspecified atom stereocenters. The normalized spacial score (nSPS) is 11.8. The van der Waals surface area contributed by atoms with E-state index in [1.54, 1.807) is 0 Å². The average molecular weight is 387 g/mol. The Morgan fingerprint density at radius 3 is 2.42 bits per heavy atom. The van der Waals surface area contributed by atoms with Gasteiger partial charge in [-0.1, -0.05) is 78.5 Å². The summed E-state index contributed by atoms with van der Waals surface area (Å²) in [4.78, 5) is 12.2. The molecular weight excluding hydrogens is 369 g/mol. The highest BCUT2D eigenvalue weighted by Gasteiger charge is 2.15. The summed E-state index contributed by atoms with van der Waals surface area (Å²) in [6.07, 6.45) is 1.81. The molecule has 0 heterocycles. The van der Waals surface area contributed by atoms with Gasteiger partial charge in [0.1, 0.15) is 5.75 Å². The van der Waals surface area contributed by atoms with Crippen LogP contribution < -0.4 is 10.1 Å². The molecule has 0 bridgehead atoms. The van der Waals surface area contributed by atoms with Crippen molar-refractivity contribution in [1.29, 1.82) is 0 Å². The molecule has 0 aliphatic carbocycles. The predicted molar refractivity (Wildman–Crippen MR) is 99.2 cm³/mol. The fraction of sp³-hybridized carbons (Fsp3) is 0.278. The second-order valence-electron chi connectivity index (χ2n) is 5.30. The molecule has 0 aliphatic heterocycles. The summed E-state index contributed by atoms with van der Waals surface area (Å²) in [6.45, 7) is 1.93.